The third kappa shape index (κ3) is 1.47. The fourth-order valence-corrected chi connectivity index (χ4v) is 1.26. The lowest BCUT2D eigenvalue weighted by Crippen LogP contribution is -2.26. The molecule has 3 N–H and O–H groups in total. The topological polar surface area (TPSA) is 75.9 Å². The van der Waals surface area contributed by atoms with Gasteiger partial charge in [-0.25, -0.2) is 0 Å². The van der Waals surface area contributed by atoms with Crippen molar-refractivity contribution in [3.63, 3.8) is 0 Å². The zero-order valence-corrected chi connectivity index (χ0v) is 7.89. The van der Waals surface area contributed by atoms with Crippen LogP contribution in [0.5, 0.6) is 0 Å². The van der Waals surface area contributed by atoms with E-state index in [-0.39, 0.29) is 5.56 Å². The average Bonchev–Trinajstić information content (AvgIpc) is 1.99. The van der Waals surface area contributed by atoms with Crippen LogP contribution in [0.1, 0.15) is 27.2 Å². The van der Waals surface area contributed by atoms with Gasteiger partial charge in [-0.15, -0.1) is 0 Å². The molecule has 1 aromatic heterocycles. The maximum atomic E-state index is 11.3. The van der Waals surface area contributed by atoms with Crippen LogP contribution in [0.25, 0.3) is 0 Å². The van der Waals surface area contributed by atoms with Crippen molar-refractivity contribution in [2.75, 3.05) is 0 Å². The average molecular weight is 180 g/mol. The molecule has 0 bridgehead atoms. The summed E-state index contributed by atoms with van der Waals surface area (Å²) in [5, 5.41) is 0. The predicted molar refractivity (Wildman–Crippen MR) is 49.8 cm³/mol. The van der Waals surface area contributed by atoms with E-state index >= 15 is 0 Å². The number of H-pyrrole nitrogens is 1. The maximum absolute atomic E-state index is 11.3. The van der Waals surface area contributed by atoms with Gasteiger partial charge >= 0.3 is 0 Å². The van der Waals surface area contributed by atoms with Crippen LogP contribution in [0, 0.1) is 20.8 Å². The van der Waals surface area contributed by atoms with Crippen molar-refractivity contribution in [2.24, 2.45) is 5.73 Å². The zero-order valence-electron chi connectivity index (χ0n) is 7.89. The minimum Gasteiger partial charge on any atom is -0.365 e. The first-order valence-corrected chi connectivity index (χ1v) is 3.95. The Morgan fingerprint density at radius 2 is 1.77 bits per heavy atom. The number of primary amides is 1. The van der Waals surface area contributed by atoms with E-state index in [0.717, 1.165) is 11.3 Å². The molecule has 13 heavy (non-hydrogen) atoms. The second kappa shape index (κ2) is 3.05. The molecule has 1 amide bonds. The summed E-state index contributed by atoms with van der Waals surface area (Å²) in [5.41, 5.74) is 7.05. The molecule has 4 heteroatoms. The Balaban J connectivity index is 3.63. The van der Waals surface area contributed by atoms with E-state index in [2.05, 4.69) is 4.98 Å². The van der Waals surface area contributed by atoms with Gasteiger partial charge in [0.05, 0.1) is 0 Å². The molecule has 0 aliphatic carbocycles. The number of nitrogens with one attached hydrogen (secondary N) is 1. The molecule has 0 fully saturated rings. The van der Waals surface area contributed by atoms with Crippen molar-refractivity contribution in [1.29, 1.82) is 0 Å². The van der Waals surface area contributed by atoms with Crippen molar-refractivity contribution >= 4 is 5.91 Å². The molecule has 0 aromatic carbocycles. The lowest BCUT2D eigenvalue weighted by Gasteiger charge is -2.06. The quantitative estimate of drug-likeness (QED) is 0.656. The summed E-state index contributed by atoms with van der Waals surface area (Å²) < 4.78 is 0. The number of aromatic amines is 1. The number of nitrogens with two attached hydrogens (primary N) is 1. The van der Waals surface area contributed by atoms with Gasteiger partial charge in [-0.2, -0.15) is 0 Å². The number of carbonyl (C=O) groups is 1. The van der Waals surface area contributed by atoms with Crippen LogP contribution in [0.15, 0.2) is 4.79 Å². The van der Waals surface area contributed by atoms with Gasteiger partial charge in [0.2, 0.25) is 0 Å². The molecule has 0 saturated carbocycles. The minimum absolute atomic E-state index is 0.0584. The van der Waals surface area contributed by atoms with E-state index in [1.807, 2.05) is 6.92 Å². The molecule has 1 aromatic rings. The second-order valence-electron chi connectivity index (χ2n) is 3.07. The van der Waals surface area contributed by atoms with Crippen molar-refractivity contribution in [1.82, 2.24) is 4.98 Å². The molecule has 70 valence electrons. The molecule has 0 aliphatic heterocycles. The van der Waals surface area contributed by atoms with Crippen molar-refractivity contribution < 1.29 is 4.79 Å². The van der Waals surface area contributed by atoms with Crippen LogP contribution in [0.2, 0.25) is 0 Å². The smallest absolute Gasteiger partial charge is 0.261 e. The highest BCUT2D eigenvalue weighted by Crippen LogP contribution is 2.10. The molecule has 0 aliphatic rings. The van der Waals surface area contributed by atoms with E-state index in [4.69, 9.17) is 5.73 Å². The Hall–Kier alpha value is -1.58. The highest BCUT2D eigenvalue weighted by Gasteiger charge is 2.13. The van der Waals surface area contributed by atoms with Crippen molar-refractivity contribution in [2.45, 2.75) is 20.8 Å². The summed E-state index contributed by atoms with van der Waals surface area (Å²) in [4.78, 5) is 24.8. The van der Waals surface area contributed by atoms with Gasteiger partial charge in [0.25, 0.3) is 11.5 Å². The maximum Gasteiger partial charge on any atom is 0.261 e. The predicted octanol–water partition coefficient (Wildman–Crippen LogP) is 0.399. The molecule has 1 rings (SSSR count). The Morgan fingerprint density at radius 3 is 2.23 bits per heavy atom. The zero-order chi connectivity index (χ0) is 10.2. The first-order chi connectivity index (χ1) is 5.95. The highest BCUT2D eigenvalue weighted by atomic mass is 16.2. The number of hydrogen-bond acceptors (Lipinski definition) is 2. The lowest BCUT2D eigenvalue weighted by atomic mass is 10.0. The summed E-state index contributed by atoms with van der Waals surface area (Å²) in [6, 6.07) is 0. The third-order valence-corrected chi connectivity index (χ3v) is 2.27. The molecular formula is C9H12N2O2. The number of pyridine rings is 1. The molecule has 0 unspecified atom stereocenters. The summed E-state index contributed by atoms with van der Waals surface area (Å²) in [6.45, 7) is 5.35. The number of aryl methyl sites for hydroxylation is 1. The Bertz CT molecular complexity index is 418. The summed E-state index contributed by atoms with van der Waals surface area (Å²) >= 11 is 0. The van der Waals surface area contributed by atoms with E-state index in [1.54, 1.807) is 13.8 Å². The largest absolute Gasteiger partial charge is 0.365 e. The van der Waals surface area contributed by atoms with Gasteiger partial charge in [-0.1, -0.05) is 0 Å². The van der Waals surface area contributed by atoms with Crippen molar-refractivity contribution in [3.05, 3.63) is 32.7 Å². The monoisotopic (exact) mass is 180 g/mol. The van der Waals surface area contributed by atoms with Crippen LogP contribution in [0.4, 0.5) is 0 Å². The number of aromatic nitrogens is 1. The summed E-state index contributed by atoms with van der Waals surface area (Å²) in [7, 11) is 0. The second-order valence-corrected chi connectivity index (χ2v) is 3.07. The third-order valence-electron chi connectivity index (χ3n) is 2.27. The minimum atomic E-state index is -0.679. The highest BCUT2D eigenvalue weighted by molar-refractivity contribution is 5.94. The molecule has 0 saturated heterocycles. The van der Waals surface area contributed by atoms with Gasteiger partial charge in [-0.3, -0.25) is 9.59 Å². The Labute approximate surface area is 75.8 Å². The lowest BCUT2D eigenvalue weighted by molar-refractivity contribution is 0.0998. The standard InChI is InChI=1S/C9H12N2O2/c1-4-5(2)7(8(10)12)9(13)11-6(4)3/h1-3H3,(H2,10,12)(H,11,13). The molecule has 0 radical (unpaired) electrons. The number of carbonyl (C=O) groups excluding carboxylic acids is 1. The van der Waals surface area contributed by atoms with Gasteiger partial charge < -0.3 is 10.7 Å². The molecule has 4 nitrogen and oxygen atoms in total. The normalized spacial score (nSPS) is 10.1. The number of hydrogen-bond donors (Lipinski definition) is 2. The van der Waals surface area contributed by atoms with Crippen LogP contribution >= 0.6 is 0 Å². The van der Waals surface area contributed by atoms with Crippen LogP contribution in [-0.2, 0) is 0 Å². The van der Waals surface area contributed by atoms with E-state index < -0.39 is 11.5 Å². The van der Waals surface area contributed by atoms with E-state index in [9.17, 15) is 9.59 Å². The summed E-state index contributed by atoms with van der Waals surface area (Å²) in [5.74, 6) is -0.679. The van der Waals surface area contributed by atoms with Crippen LogP contribution in [0.3, 0.4) is 0 Å². The van der Waals surface area contributed by atoms with Crippen molar-refractivity contribution in [3.8, 4) is 0 Å². The Morgan fingerprint density at radius 1 is 1.23 bits per heavy atom. The first kappa shape index (κ1) is 9.51. The van der Waals surface area contributed by atoms with Gasteiger partial charge in [0.15, 0.2) is 0 Å². The van der Waals surface area contributed by atoms with Crippen LogP contribution < -0.4 is 11.3 Å². The van der Waals surface area contributed by atoms with Gasteiger partial charge in [-0.05, 0) is 31.9 Å². The van der Waals surface area contributed by atoms with E-state index in [1.165, 1.54) is 0 Å². The van der Waals surface area contributed by atoms with Gasteiger partial charge in [0, 0.05) is 5.69 Å². The fraction of sp³-hybridized carbons (Fsp3) is 0.333. The summed E-state index contributed by atoms with van der Waals surface area (Å²) in [6.07, 6.45) is 0. The number of amides is 1. The first-order valence-electron chi connectivity index (χ1n) is 3.95. The molecule has 1 heterocycles. The van der Waals surface area contributed by atoms with E-state index in [0.29, 0.717) is 5.56 Å². The molecular weight excluding hydrogens is 168 g/mol. The molecule has 0 spiro atoms. The number of rotatable bonds is 1. The van der Waals surface area contributed by atoms with Gasteiger partial charge in [0.1, 0.15) is 5.56 Å². The van der Waals surface area contributed by atoms with Crippen LogP contribution in [-0.4, -0.2) is 10.9 Å². The SMILES string of the molecule is Cc1[nH]c(=O)c(C(N)=O)c(C)c1C. The molecule has 0 atom stereocenters. The Kier molecular flexibility index (Phi) is 2.23. The fourth-order valence-electron chi connectivity index (χ4n) is 1.26.